The molecule has 0 saturated heterocycles. The van der Waals surface area contributed by atoms with E-state index >= 15 is 0 Å². The minimum atomic E-state index is 0.155. The van der Waals surface area contributed by atoms with Crippen molar-refractivity contribution in [3.05, 3.63) is 0 Å². The second kappa shape index (κ2) is 6.86. The zero-order valence-electron chi connectivity index (χ0n) is 10.3. The Balaban J connectivity index is 3.62. The van der Waals surface area contributed by atoms with Crippen LogP contribution in [-0.4, -0.2) is 12.5 Å². The largest absolute Gasteiger partial charge is 0.356 e. The van der Waals surface area contributed by atoms with E-state index in [4.69, 9.17) is 0 Å². The van der Waals surface area contributed by atoms with Crippen LogP contribution in [0, 0.1) is 17.8 Å². The Hall–Kier alpha value is -0.530. The molecule has 0 aromatic heterocycles. The van der Waals surface area contributed by atoms with Crippen molar-refractivity contribution in [1.82, 2.24) is 5.32 Å². The van der Waals surface area contributed by atoms with Gasteiger partial charge in [0.15, 0.2) is 0 Å². The van der Waals surface area contributed by atoms with Crippen LogP contribution in [0.3, 0.4) is 0 Å². The summed E-state index contributed by atoms with van der Waals surface area (Å²) in [5.74, 6) is 1.62. The molecule has 2 heteroatoms. The van der Waals surface area contributed by atoms with Crippen LogP contribution in [0.25, 0.3) is 0 Å². The molecule has 1 amide bonds. The lowest BCUT2D eigenvalue weighted by Gasteiger charge is -2.14. The van der Waals surface area contributed by atoms with Crippen molar-refractivity contribution >= 4 is 5.91 Å². The van der Waals surface area contributed by atoms with Gasteiger partial charge in [-0.3, -0.25) is 4.79 Å². The Bertz CT molecular complexity index is 164. The molecule has 0 radical (unpaired) electrons. The van der Waals surface area contributed by atoms with Gasteiger partial charge in [-0.25, -0.2) is 0 Å². The van der Waals surface area contributed by atoms with Crippen molar-refractivity contribution < 1.29 is 4.79 Å². The van der Waals surface area contributed by atoms with E-state index in [2.05, 4.69) is 33.0 Å². The Labute approximate surface area is 88.5 Å². The first-order valence-electron chi connectivity index (χ1n) is 5.71. The summed E-state index contributed by atoms with van der Waals surface area (Å²) in [7, 11) is 0. The summed E-state index contributed by atoms with van der Waals surface area (Å²) in [6, 6.07) is 0. The number of carbonyl (C=O) groups is 1. The molecule has 2 nitrogen and oxygen atoms in total. The minimum absolute atomic E-state index is 0.155. The second-order valence-corrected chi connectivity index (χ2v) is 5.00. The molecule has 0 heterocycles. The molecule has 0 bridgehead atoms. The third-order valence-corrected chi connectivity index (χ3v) is 2.29. The van der Waals surface area contributed by atoms with Crippen molar-refractivity contribution in [2.24, 2.45) is 17.8 Å². The van der Waals surface area contributed by atoms with Gasteiger partial charge in [-0.15, -0.1) is 0 Å². The predicted octanol–water partition coefficient (Wildman–Crippen LogP) is 2.83. The number of hydrogen-bond donors (Lipinski definition) is 1. The Kier molecular flexibility index (Phi) is 6.60. The third kappa shape index (κ3) is 6.93. The van der Waals surface area contributed by atoms with E-state index in [-0.39, 0.29) is 11.8 Å². The zero-order chi connectivity index (χ0) is 11.1. The lowest BCUT2D eigenvalue weighted by molar-refractivity contribution is -0.124. The smallest absolute Gasteiger partial charge is 0.222 e. The van der Waals surface area contributed by atoms with Crippen molar-refractivity contribution in [1.29, 1.82) is 0 Å². The van der Waals surface area contributed by atoms with Crippen LogP contribution in [0.1, 0.15) is 47.5 Å². The summed E-state index contributed by atoms with van der Waals surface area (Å²) in [5.41, 5.74) is 0. The summed E-state index contributed by atoms with van der Waals surface area (Å²) in [5, 5.41) is 2.98. The summed E-state index contributed by atoms with van der Waals surface area (Å²) in [6.45, 7) is 11.5. The maximum Gasteiger partial charge on any atom is 0.222 e. The maximum absolute atomic E-state index is 11.5. The van der Waals surface area contributed by atoms with Gasteiger partial charge in [-0.1, -0.05) is 34.6 Å². The number of nitrogens with one attached hydrogen (secondary N) is 1. The summed E-state index contributed by atoms with van der Waals surface area (Å²) >= 11 is 0. The number of carbonyl (C=O) groups excluding carboxylic acids is 1. The SMILES string of the molecule is CC(C)CCNC(=O)C(C)CC(C)C. The Morgan fingerprint density at radius 2 is 1.64 bits per heavy atom. The van der Waals surface area contributed by atoms with Gasteiger partial charge in [-0.2, -0.15) is 0 Å². The summed E-state index contributed by atoms with van der Waals surface area (Å²) in [6.07, 6.45) is 2.05. The molecule has 84 valence electrons. The fourth-order valence-electron chi connectivity index (χ4n) is 1.47. The molecule has 0 aliphatic carbocycles. The Morgan fingerprint density at radius 3 is 2.07 bits per heavy atom. The molecule has 0 saturated carbocycles. The average Bonchev–Trinajstić information content (AvgIpc) is 2.01. The molecule has 0 aromatic carbocycles. The number of hydrogen-bond acceptors (Lipinski definition) is 1. The van der Waals surface area contributed by atoms with E-state index < -0.39 is 0 Å². The van der Waals surface area contributed by atoms with E-state index in [1.165, 1.54) is 0 Å². The highest BCUT2D eigenvalue weighted by molar-refractivity contribution is 5.78. The van der Waals surface area contributed by atoms with Gasteiger partial charge >= 0.3 is 0 Å². The first-order chi connectivity index (χ1) is 6.43. The van der Waals surface area contributed by atoms with Crippen LogP contribution in [-0.2, 0) is 4.79 Å². The van der Waals surface area contributed by atoms with Crippen molar-refractivity contribution in [2.45, 2.75) is 47.5 Å². The summed E-state index contributed by atoms with van der Waals surface area (Å²) in [4.78, 5) is 11.5. The third-order valence-electron chi connectivity index (χ3n) is 2.29. The molecule has 14 heavy (non-hydrogen) atoms. The monoisotopic (exact) mass is 199 g/mol. The molecular weight excluding hydrogens is 174 g/mol. The zero-order valence-corrected chi connectivity index (χ0v) is 10.3. The molecule has 1 atom stereocenters. The number of amides is 1. The molecule has 0 spiro atoms. The van der Waals surface area contributed by atoms with Crippen LogP contribution in [0.5, 0.6) is 0 Å². The van der Waals surface area contributed by atoms with Crippen molar-refractivity contribution in [3.8, 4) is 0 Å². The molecule has 0 aliphatic heterocycles. The standard InChI is InChI=1S/C12H25NO/c1-9(2)6-7-13-12(14)11(5)8-10(3)4/h9-11H,6-8H2,1-5H3,(H,13,14). The van der Waals surface area contributed by atoms with Gasteiger partial charge in [0.05, 0.1) is 0 Å². The Morgan fingerprint density at radius 1 is 1.07 bits per heavy atom. The molecule has 0 fully saturated rings. The van der Waals surface area contributed by atoms with Crippen LogP contribution >= 0.6 is 0 Å². The average molecular weight is 199 g/mol. The van der Waals surface area contributed by atoms with Gasteiger partial charge in [-0.05, 0) is 24.7 Å². The van der Waals surface area contributed by atoms with Crippen molar-refractivity contribution in [2.75, 3.05) is 6.54 Å². The quantitative estimate of drug-likeness (QED) is 0.700. The fourth-order valence-corrected chi connectivity index (χ4v) is 1.47. The lowest BCUT2D eigenvalue weighted by atomic mass is 9.98. The molecule has 1 unspecified atom stereocenters. The summed E-state index contributed by atoms with van der Waals surface area (Å²) < 4.78 is 0. The van der Waals surface area contributed by atoms with E-state index in [1.54, 1.807) is 0 Å². The molecule has 0 aliphatic rings. The van der Waals surface area contributed by atoms with Gasteiger partial charge in [0.2, 0.25) is 5.91 Å². The van der Waals surface area contributed by atoms with E-state index in [1.807, 2.05) is 6.92 Å². The van der Waals surface area contributed by atoms with E-state index in [0.717, 1.165) is 19.4 Å². The van der Waals surface area contributed by atoms with Gasteiger partial charge in [0.25, 0.3) is 0 Å². The van der Waals surface area contributed by atoms with Gasteiger partial charge < -0.3 is 5.32 Å². The predicted molar refractivity (Wildman–Crippen MR) is 61.1 cm³/mol. The van der Waals surface area contributed by atoms with Gasteiger partial charge in [0.1, 0.15) is 0 Å². The highest BCUT2D eigenvalue weighted by Crippen LogP contribution is 2.10. The number of rotatable bonds is 6. The molecule has 1 N–H and O–H groups in total. The van der Waals surface area contributed by atoms with E-state index in [0.29, 0.717) is 11.8 Å². The maximum atomic E-state index is 11.5. The highest BCUT2D eigenvalue weighted by Gasteiger charge is 2.13. The van der Waals surface area contributed by atoms with Crippen LogP contribution in [0.2, 0.25) is 0 Å². The first-order valence-corrected chi connectivity index (χ1v) is 5.71. The van der Waals surface area contributed by atoms with Crippen LogP contribution in [0.15, 0.2) is 0 Å². The second-order valence-electron chi connectivity index (χ2n) is 5.00. The minimum Gasteiger partial charge on any atom is -0.356 e. The topological polar surface area (TPSA) is 29.1 Å². The normalized spacial score (nSPS) is 13.4. The molecular formula is C12H25NO. The van der Waals surface area contributed by atoms with Crippen molar-refractivity contribution in [3.63, 3.8) is 0 Å². The van der Waals surface area contributed by atoms with E-state index in [9.17, 15) is 4.79 Å². The van der Waals surface area contributed by atoms with Gasteiger partial charge in [0, 0.05) is 12.5 Å². The first kappa shape index (κ1) is 13.5. The fraction of sp³-hybridized carbons (Fsp3) is 0.917. The molecule has 0 rings (SSSR count). The highest BCUT2D eigenvalue weighted by atomic mass is 16.1. The van der Waals surface area contributed by atoms with Crippen LogP contribution < -0.4 is 5.32 Å². The molecule has 0 aromatic rings. The van der Waals surface area contributed by atoms with Crippen LogP contribution in [0.4, 0.5) is 0 Å². The lowest BCUT2D eigenvalue weighted by Crippen LogP contribution is -2.31.